The van der Waals surface area contributed by atoms with Crippen LogP contribution in [-0.4, -0.2) is 9.38 Å². The van der Waals surface area contributed by atoms with Gasteiger partial charge in [-0.2, -0.15) is 0 Å². The predicted octanol–water partition coefficient (Wildman–Crippen LogP) is 3.25. The predicted molar refractivity (Wildman–Crippen MR) is 89.7 cm³/mol. The molecule has 5 heteroatoms. The molecule has 112 valence electrons. The van der Waals surface area contributed by atoms with E-state index in [1.54, 1.807) is 16.7 Å². The molecule has 4 nitrogen and oxygen atoms in total. The van der Waals surface area contributed by atoms with E-state index in [0.717, 1.165) is 17.1 Å². The van der Waals surface area contributed by atoms with Crippen molar-refractivity contribution in [2.75, 3.05) is 5.32 Å². The SMILES string of the molecule is O=c1cc(CNc2cccc3c2CCCC3)nc2sccn12. The molecule has 4 rings (SSSR count). The molecule has 1 aliphatic carbocycles. The first-order valence-electron chi connectivity index (χ1n) is 7.62. The number of fused-ring (bicyclic) bond motifs is 2. The third-order valence-electron chi connectivity index (χ3n) is 4.21. The van der Waals surface area contributed by atoms with Gasteiger partial charge in [0.15, 0.2) is 4.96 Å². The molecule has 1 aromatic carbocycles. The smallest absolute Gasteiger partial charge is 0.258 e. The number of benzene rings is 1. The van der Waals surface area contributed by atoms with Gasteiger partial charge in [0.2, 0.25) is 0 Å². The van der Waals surface area contributed by atoms with E-state index < -0.39 is 0 Å². The minimum absolute atomic E-state index is 0.0156. The maximum atomic E-state index is 12.0. The first-order chi connectivity index (χ1) is 10.8. The maximum Gasteiger partial charge on any atom is 0.258 e. The first-order valence-corrected chi connectivity index (χ1v) is 8.50. The van der Waals surface area contributed by atoms with Crippen LogP contribution in [0.25, 0.3) is 4.96 Å². The fourth-order valence-electron chi connectivity index (χ4n) is 3.11. The molecular weight excluding hydrogens is 294 g/mol. The Bertz CT molecular complexity index is 881. The lowest BCUT2D eigenvalue weighted by atomic mass is 9.90. The summed E-state index contributed by atoms with van der Waals surface area (Å²) >= 11 is 1.48. The molecule has 0 amide bonds. The van der Waals surface area contributed by atoms with E-state index in [1.807, 2.05) is 5.38 Å². The number of hydrogen-bond acceptors (Lipinski definition) is 4. The second-order valence-electron chi connectivity index (χ2n) is 5.65. The first kappa shape index (κ1) is 13.5. The summed E-state index contributed by atoms with van der Waals surface area (Å²) in [5, 5.41) is 5.35. The molecule has 0 bridgehead atoms. The van der Waals surface area contributed by atoms with Gasteiger partial charge in [-0.05, 0) is 42.9 Å². The molecule has 22 heavy (non-hydrogen) atoms. The maximum absolute atomic E-state index is 12.0. The van der Waals surface area contributed by atoms with Gasteiger partial charge in [0, 0.05) is 23.3 Å². The lowest BCUT2D eigenvalue weighted by Crippen LogP contribution is -2.15. The van der Waals surface area contributed by atoms with E-state index in [0.29, 0.717) is 6.54 Å². The Morgan fingerprint density at radius 2 is 2.18 bits per heavy atom. The van der Waals surface area contributed by atoms with E-state index in [9.17, 15) is 4.79 Å². The van der Waals surface area contributed by atoms with Crippen LogP contribution in [-0.2, 0) is 19.4 Å². The van der Waals surface area contributed by atoms with Crippen molar-refractivity contribution in [1.29, 1.82) is 0 Å². The topological polar surface area (TPSA) is 46.4 Å². The Kier molecular flexibility index (Phi) is 3.42. The number of rotatable bonds is 3. The van der Waals surface area contributed by atoms with Crippen molar-refractivity contribution in [3.63, 3.8) is 0 Å². The molecular formula is C17H17N3OS. The summed E-state index contributed by atoms with van der Waals surface area (Å²) in [6.45, 7) is 0.583. The molecule has 0 spiro atoms. The van der Waals surface area contributed by atoms with Gasteiger partial charge in [-0.3, -0.25) is 9.20 Å². The van der Waals surface area contributed by atoms with Crippen LogP contribution < -0.4 is 10.9 Å². The third-order valence-corrected chi connectivity index (χ3v) is 4.97. The van der Waals surface area contributed by atoms with E-state index in [-0.39, 0.29) is 5.56 Å². The number of aromatic nitrogens is 2. The van der Waals surface area contributed by atoms with Crippen molar-refractivity contribution in [3.05, 3.63) is 63.0 Å². The second kappa shape index (κ2) is 5.57. The van der Waals surface area contributed by atoms with E-state index >= 15 is 0 Å². The van der Waals surface area contributed by atoms with Crippen LogP contribution in [0.2, 0.25) is 0 Å². The number of nitrogens with zero attached hydrogens (tertiary/aromatic N) is 2. The van der Waals surface area contributed by atoms with Crippen LogP contribution in [0.15, 0.2) is 40.6 Å². The summed E-state index contributed by atoms with van der Waals surface area (Å²) in [6, 6.07) is 8.07. The highest BCUT2D eigenvalue weighted by molar-refractivity contribution is 7.15. The van der Waals surface area contributed by atoms with Crippen molar-refractivity contribution in [2.45, 2.75) is 32.2 Å². The Balaban J connectivity index is 1.60. The van der Waals surface area contributed by atoms with Gasteiger partial charge in [0.25, 0.3) is 5.56 Å². The zero-order chi connectivity index (χ0) is 14.9. The van der Waals surface area contributed by atoms with Crippen LogP contribution in [0.4, 0.5) is 5.69 Å². The van der Waals surface area contributed by atoms with Crippen LogP contribution in [0.3, 0.4) is 0 Å². The average Bonchev–Trinajstić information content (AvgIpc) is 3.02. The molecule has 2 heterocycles. The minimum Gasteiger partial charge on any atom is -0.379 e. The lowest BCUT2D eigenvalue weighted by molar-refractivity contribution is 0.686. The zero-order valence-electron chi connectivity index (χ0n) is 12.2. The van der Waals surface area contributed by atoms with Gasteiger partial charge in [0.05, 0.1) is 12.2 Å². The molecule has 3 aromatic rings. The van der Waals surface area contributed by atoms with E-state index in [2.05, 4.69) is 28.5 Å². The van der Waals surface area contributed by atoms with E-state index in [1.165, 1.54) is 47.4 Å². The van der Waals surface area contributed by atoms with E-state index in [4.69, 9.17) is 0 Å². The number of hydrogen-bond donors (Lipinski definition) is 1. The number of anilines is 1. The Hall–Kier alpha value is -2.14. The molecule has 0 radical (unpaired) electrons. The second-order valence-corrected chi connectivity index (χ2v) is 6.52. The molecule has 0 aliphatic heterocycles. The Morgan fingerprint density at radius 1 is 1.27 bits per heavy atom. The normalized spacial score (nSPS) is 14.0. The van der Waals surface area contributed by atoms with Crippen molar-refractivity contribution in [2.24, 2.45) is 0 Å². The summed E-state index contributed by atoms with van der Waals surface area (Å²) in [5.41, 5.74) is 4.85. The van der Waals surface area contributed by atoms with Gasteiger partial charge in [-0.25, -0.2) is 4.98 Å². The highest BCUT2D eigenvalue weighted by Crippen LogP contribution is 2.28. The third kappa shape index (κ3) is 2.41. The van der Waals surface area contributed by atoms with Crippen LogP contribution in [0.1, 0.15) is 29.7 Å². The largest absolute Gasteiger partial charge is 0.379 e. The summed E-state index contributed by atoms with van der Waals surface area (Å²) < 4.78 is 1.58. The van der Waals surface area contributed by atoms with Crippen LogP contribution >= 0.6 is 11.3 Å². The molecule has 0 saturated carbocycles. The van der Waals surface area contributed by atoms with Crippen molar-refractivity contribution < 1.29 is 0 Å². The highest BCUT2D eigenvalue weighted by atomic mass is 32.1. The Morgan fingerprint density at radius 3 is 3.14 bits per heavy atom. The van der Waals surface area contributed by atoms with Gasteiger partial charge >= 0.3 is 0 Å². The number of aryl methyl sites for hydroxylation is 1. The summed E-state index contributed by atoms with van der Waals surface area (Å²) in [5.74, 6) is 0. The van der Waals surface area contributed by atoms with Crippen LogP contribution in [0.5, 0.6) is 0 Å². The van der Waals surface area contributed by atoms with Crippen molar-refractivity contribution >= 4 is 22.0 Å². The summed E-state index contributed by atoms with van der Waals surface area (Å²) in [6.07, 6.45) is 6.61. The molecule has 0 atom stereocenters. The fraction of sp³-hybridized carbons (Fsp3) is 0.294. The van der Waals surface area contributed by atoms with Gasteiger partial charge < -0.3 is 5.32 Å². The highest BCUT2D eigenvalue weighted by Gasteiger charge is 2.13. The fourth-order valence-corrected chi connectivity index (χ4v) is 3.85. The standard InChI is InChI=1S/C17H17N3OS/c21-16-10-13(19-17-20(16)8-9-22-17)11-18-15-7-3-5-12-4-1-2-6-14(12)15/h3,5,7-10,18H,1-2,4,6,11H2. The molecule has 0 saturated heterocycles. The van der Waals surface area contributed by atoms with Gasteiger partial charge in [-0.1, -0.05) is 12.1 Å². The summed E-state index contributed by atoms with van der Waals surface area (Å²) in [4.78, 5) is 17.3. The molecule has 1 aliphatic rings. The number of thiazole rings is 1. The molecule has 1 N–H and O–H groups in total. The van der Waals surface area contributed by atoms with Gasteiger partial charge in [-0.15, -0.1) is 11.3 Å². The van der Waals surface area contributed by atoms with Crippen molar-refractivity contribution in [3.8, 4) is 0 Å². The monoisotopic (exact) mass is 311 g/mol. The lowest BCUT2D eigenvalue weighted by Gasteiger charge is -2.20. The molecule has 0 fully saturated rings. The van der Waals surface area contributed by atoms with Crippen LogP contribution in [0, 0.1) is 0 Å². The van der Waals surface area contributed by atoms with Gasteiger partial charge in [0.1, 0.15) is 0 Å². The molecule has 0 unspecified atom stereocenters. The molecule has 2 aromatic heterocycles. The summed E-state index contributed by atoms with van der Waals surface area (Å²) in [7, 11) is 0. The zero-order valence-corrected chi connectivity index (χ0v) is 13.0. The average molecular weight is 311 g/mol. The quantitative estimate of drug-likeness (QED) is 0.807. The Labute approximate surface area is 132 Å². The number of nitrogens with one attached hydrogen (secondary N) is 1. The minimum atomic E-state index is -0.0156. The van der Waals surface area contributed by atoms with Crippen molar-refractivity contribution in [1.82, 2.24) is 9.38 Å².